The fourth-order valence-corrected chi connectivity index (χ4v) is 1.57. The molecule has 1 heterocycles. The smallest absolute Gasteiger partial charge is 0.0607 e. The summed E-state index contributed by atoms with van der Waals surface area (Å²) < 4.78 is 0. The van der Waals surface area contributed by atoms with Crippen molar-refractivity contribution in [2.45, 2.75) is 33.6 Å². The van der Waals surface area contributed by atoms with E-state index in [2.05, 4.69) is 42.3 Å². The molecule has 2 nitrogen and oxygen atoms in total. The van der Waals surface area contributed by atoms with Crippen LogP contribution in [0.1, 0.15) is 33.6 Å². The molecule has 0 saturated heterocycles. The van der Waals surface area contributed by atoms with Crippen LogP contribution in [0.4, 0.5) is 0 Å². The van der Waals surface area contributed by atoms with Gasteiger partial charge in [-0.05, 0) is 19.3 Å². The lowest BCUT2D eigenvalue weighted by Crippen LogP contribution is -2.20. The monoisotopic (exact) mass is 204 g/mol. The molecule has 1 unspecified atom stereocenters. The van der Waals surface area contributed by atoms with Gasteiger partial charge in [0, 0.05) is 5.22 Å². The number of rotatable bonds is 4. The minimum Gasteiger partial charge on any atom is -0.278 e. The molecular formula is C13H20N2. The minimum absolute atomic E-state index is 0.659. The molecular weight excluding hydrogens is 184 g/mol. The van der Waals surface area contributed by atoms with Gasteiger partial charge in [-0.3, -0.25) is 5.10 Å². The third-order valence-corrected chi connectivity index (χ3v) is 2.45. The summed E-state index contributed by atoms with van der Waals surface area (Å²) >= 11 is 0. The Balaban J connectivity index is 2.74. The molecule has 15 heavy (non-hydrogen) atoms. The Kier molecular flexibility index (Phi) is 4.88. The van der Waals surface area contributed by atoms with Gasteiger partial charge in [-0.25, -0.2) is 0 Å². The predicted octanol–water partition coefficient (Wildman–Crippen LogP) is 1.98. The zero-order chi connectivity index (χ0) is 11.1. The van der Waals surface area contributed by atoms with E-state index in [4.69, 9.17) is 0 Å². The third-order valence-electron chi connectivity index (χ3n) is 2.45. The average Bonchev–Trinajstić information content (AvgIpc) is 2.66. The highest BCUT2D eigenvalue weighted by molar-refractivity contribution is 5.37. The molecule has 0 amide bonds. The van der Waals surface area contributed by atoms with Crippen molar-refractivity contribution in [2.24, 2.45) is 5.92 Å². The van der Waals surface area contributed by atoms with Crippen molar-refractivity contribution < 1.29 is 0 Å². The minimum atomic E-state index is 0.659. The van der Waals surface area contributed by atoms with E-state index in [-0.39, 0.29) is 0 Å². The van der Waals surface area contributed by atoms with Crippen molar-refractivity contribution >= 4 is 12.2 Å². The van der Waals surface area contributed by atoms with E-state index in [1.165, 1.54) is 12.8 Å². The van der Waals surface area contributed by atoms with Gasteiger partial charge in [0.1, 0.15) is 0 Å². The molecule has 1 aromatic heterocycles. The zero-order valence-corrected chi connectivity index (χ0v) is 9.83. The molecule has 0 radical (unpaired) electrons. The SMILES string of the molecule is C/C=c1/[nH]nc/c1=C/C=C/C(C)CCC. The van der Waals surface area contributed by atoms with Crippen LogP contribution in [0, 0.1) is 5.92 Å². The third kappa shape index (κ3) is 3.74. The van der Waals surface area contributed by atoms with Gasteiger partial charge in [0.15, 0.2) is 0 Å². The number of H-pyrrole nitrogens is 1. The summed E-state index contributed by atoms with van der Waals surface area (Å²) in [5.41, 5.74) is 0. The predicted molar refractivity (Wildman–Crippen MR) is 65.7 cm³/mol. The number of aromatic amines is 1. The van der Waals surface area contributed by atoms with Crippen molar-refractivity contribution in [3.05, 3.63) is 28.9 Å². The van der Waals surface area contributed by atoms with Crippen LogP contribution in [0.3, 0.4) is 0 Å². The van der Waals surface area contributed by atoms with Gasteiger partial charge < -0.3 is 0 Å². The van der Waals surface area contributed by atoms with Crippen molar-refractivity contribution in [2.75, 3.05) is 0 Å². The van der Waals surface area contributed by atoms with E-state index in [0.29, 0.717) is 5.92 Å². The Bertz CT molecular complexity index is 412. The lowest BCUT2D eigenvalue weighted by molar-refractivity contribution is 0.634. The molecule has 0 aliphatic carbocycles. The van der Waals surface area contributed by atoms with Crippen molar-refractivity contribution in [1.82, 2.24) is 10.2 Å². The molecule has 0 fully saturated rings. The molecule has 0 aliphatic heterocycles. The van der Waals surface area contributed by atoms with Gasteiger partial charge in [0.2, 0.25) is 0 Å². The van der Waals surface area contributed by atoms with Gasteiger partial charge in [0.05, 0.1) is 11.5 Å². The first-order valence-corrected chi connectivity index (χ1v) is 5.62. The fourth-order valence-electron chi connectivity index (χ4n) is 1.57. The van der Waals surface area contributed by atoms with Gasteiger partial charge >= 0.3 is 0 Å². The van der Waals surface area contributed by atoms with Crippen LogP contribution in [0.5, 0.6) is 0 Å². The lowest BCUT2D eigenvalue weighted by Gasteiger charge is -2.00. The maximum Gasteiger partial charge on any atom is 0.0607 e. The van der Waals surface area contributed by atoms with E-state index in [0.717, 1.165) is 10.6 Å². The molecule has 0 aliphatic rings. The molecule has 0 spiro atoms. The Labute approximate surface area is 91.4 Å². The molecule has 1 atom stereocenters. The quantitative estimate of drug-likeness (QED) is 0.798. The zero-order valence-electron chi connectivity index (χ0n) is 9.83. The number of hydrogen-bond donors (Lipinski definition) is 1. The molecule has 0 saturated carbocycles. The fraction of sp³-hybridized carbons (Fsp3) is 0.462. The molecule has 1 N–H and O–H groups in total. The lowest BCUT2D eigenvalue weighted by atomic mass is 10.1. The highest BCUT2D eigenvalue weighted by Crippen LogP contribution is 2.05. The number of aromatic nitrogens is 2. The second kappa shape index (κ2) is 6.23. The van der Waals surface area contributed by atoms with Crippen LogP contribution in [-0.4, -0.2) is 10.2 Å². The second-order valence-corrected chi connectivity index (χ2v) is 3.85. The molecule has 82 valence electrons. The standard InChI is InChI=1S/C13H20N2/c1-4-7-11(3)8-6-9-12-10-14-15-13(12)5-2/h5-6,8-11,15H,4,7H2,1-3H3/b8-6+,12-9-,13-5+. The first kappa shape index (κ1) is 11.8. The second-order valence-electron chi connectivity index (χ2n) is 3.85. The van der Waals surface area contributed by atoms with Gasteiger partial charge in [-0.1, -0.05) is 44.6 Å². The maximum absolute atomic E-state index is 4.01. The van der Waals surface area contributed by atoms with E-state index in [9.17, 15) is 0 Å². The maximum atomic E-state index is 4.01. The number of nitrogens with zero attached hydrogens (tertiary/aromatic N) is 1. The summed E-state index contributed by atoms with van der Waals surface area (Å²) in [6, 6.07) is 0. The molecule has 0 bridgehead atoms. The van der Waals surface area contributed by atoms with Crippen LogP contribution in [0.15, 0.2) is 18.3 Å². The largest absolute Gasteiger partial charge is 0.278 e. The summed E-state index contributed by atoms with van der Waals surface area (Å²) in [6.07, 6.45) is 12.8. The van der Waals surface area contributed by atoms with E-state index in [1.807, 2.05) is 19.2 Å². The van der Waals surface area contributed by atoms with Crippen LogP contribution in [0.2, 0.25) is 0 Å². The molecule has 2 heteroatoms. The summed E-state index contributed by atoms with van der Waals surface area (Å²) in [4.78, 5) is 0. The highest BCUT2D eigenvalue weighted by atomic mass is 15.1. The van der Waals surface area contributed by atoms with Crippen LogP contribution in [0.25, 0.3) is 12.2 Å². The van der Waals surface area contributed by atoms with Gasteiger partial charge in [0.25, 0.3) is 0 Å². The van der Waals surface area contributed by atoms with Crippen molar-refractivity contribution in [1.29, 1.82) is 0 Å². The van der Waals surface area contributed by atoms with Crippen molar-refractivity contribution in [3.63, 3.8) is 0 Å². The van der Waals surface area contributed by atoms with E-state index < -0.39 is 0 Å². The van der Waals surface area contributed by atoms with Crippen LogP contribution >= 0.6 is 0 Å². The van der Waals surface area contributed by atoms with Gasteiger partial charge in [-0.15, -0.1) is 0 Å². The molecule has 0 aromatic carbocycles. The summed E-state index contributed by atoms with van der Waals surface area (Å²) in [5.74, 6) is 0.659. The number of nitrogens with one attached hydrogen (secondary N) is 1. The van der Waals surface area contributed by atoms with Crippen LogP contribution in [-0.2, 0) is 0 Å². The molecule has 1 aromatic rings. The Morgan fingerprint density at radius 1 is 1.53 bits per heavy atom. The first-order valence-electron chi connectivity index (χ1n) is 5.62. The first-order chi connectivity index (χ1) is 7.27. The van der Waals surface area contributed by atoms with Crippen molar-refractivity contribution in [3.8, 4) is 0 Å². The summed E-state index contributed by atoms with van der Waals surface area (Å²) in [6.45, 7) is 6.47. The van der Waals surface area contributed by atoms with E-state index in [1.54, 1.807) is 0 Å². The summed E-state index contributed by atoms with van der Waals surface area (Å²) in [5, 5.41) is 9.19. The highest BCUT2D eigenvalue weighted by Gasteiger charge is 1.91. The molecule has 1 rings (SSSR count). The number of allylic oxidation sites excluding steroid dienone is 2. The van der Waals surface area contributed by atoms with Crippen LogP contribution < -0.4 is 10.6 Å². The number of hydrogen-bond acceptors (Lipinski definition) is 1. The van der Waals surface area contributed by atoms with E-state index >= 15 is 0 Å². The average molecular weight is 204 g/mol. The topological polar surface area (TPSA) is 28.7 Å². The normalized spacial score (nSPS) is 16.5. The Hall–Kier alpha value is -1.31. The van der Waals surface area contributed by atoms with Gasteiger partial charge in [-0.2, -0.15) is 5.10 Å². The summed E-state index contributed by atoms with van der Waals surface area (Å²) in [7, 11) is 0. The Morgan fingerprint density at radius 3 is 3.00 bits per heavy atom. The Morgan fingerprint density at radius 2 is 2.33 bits per heavy atom.